The third-order valence-electron chi connectivity index (χ3n) is 4.40. The Morgan fingerprint density at radius 1 is 1.27 bits per heavy atom. The van der Waals surface area contributed by atoms with Crippen molar-refractivity contribution in [2.45, 2.75) is 32.2 Å². The molecule has 4 rings (SSSR count). The fourth-order valence-corrected chi connectivity index (χ4v) is 3.91. The smallest absolute Gasteiger partial charge is 0.288 e. The summed E-state index contributed by atoms with van der Waals surface area (Å²) < 4.78 is 6.40. The molecule has 0 bridgehead atoms. The number of carbonyl (C=O) groups excluding carboxylic acids is 1. The third-order valence-corrected chi connectivity index (χ3v) is 5.38. The molecule has 1 saturated heterocycles. The number of hydrogen-bond acceptors (Lipinski definition) is 7. The van der Waals surface area contributed by atoms with Crippen LogP contribution in [0.2, 0.25) is 0 Å². The Morgan fingerprint density at radius 3 is 2.81 bits per heavy atom. The van der Waals surface area contributed by atoms with E-state index in [4.69, 9.17) is 4.42 Å². The Balaban J connectivity index is 1.57. The quantitative estimate of drug-likeness (QED) is 0.752. The van der Waals surface area contributed by atoms with Gasteiger partial charge in [-0.15, -0.1) is 5.10 Å². The fraction of sp³-hybridized carbons (Fsp3) is 0.412. The minimum absolute atomic E-state index is 0.0261. The second-order valence-corrected chi connectivity index (χ2v) is 7.15. The lowest BCUT2D eigenvalue weighted by molar-refractivity contribution is 0.0946. The van der Waals surface area contributed by atoms with Gasteiger partial charge in [0, 0.05) is 19.3 Å². The van der Waals surface area contributed by atoms with Crippen LogP contribution in [0.5, 0.6) is 0 Å². The number of aromatic nitrogens is 3. The zero-order valence-corrected chi connectivity index (χ0v) is 15.0. The van der Waals surface area contributed by atoms with Crippen molar-refractivity contribution in [1.29, 1.82) is 0 Å². The molecule has 0 radical (unpaired) electrons. The Labute approximate surface area is 153 Å². The van der Waals surface area contributed by atoms with Crippen LogP contribution in [-0.4, -0.2) is 33.6 Å². The van der Waals surface area contributed by atoms with Crippen LogP contribution in [0.25, 0.3) is 4.96 Å². The van der Waals surface area contributed by atoms with E-state index < -0.39 is 11.5 Å². The lowest BCUT2D eigenvalue weighted by atomic mass is 10.2. The molecule has 0 saturated carbocycles. The number of fused-ring (bicyclic) bond motifs is 1. The van der Waals surface area contributed by atoms with Gasteiger partial charge in [-0.2, -0.15) is 4.52 Å². The van der Waals surface area contributed by atoms with Crippen LogP contribution >= 0.6 is 11.3 Å². The molecule has 1 N–H and O–H groups in total. The van der Waals surface area contributed by atoms with Gasteiger partial charge >= 0.3 is 0 Å². The van der Waals surface area contributed by atoms with Crippen LogP contribution in [0.15, 0.2) is 33.8 Å². The molecule has 8 nitrogen and oxygen atoms in total. The number of furan rings is 1. The molecule has 0 atom stereocenters. The first-order valence-corrected chi connectivity index (χ1v) is 9.48. The highest BCUT2D eigenvalue weighted by Gasteiger charge is 2.19. The second-order valence-electron chi connectivity index (χ2n) is 6.22. The van der Waals surface area contributed by atoms with Gasteiger partial charge in [0.2, 0.25) is 10.1 Å². The van der Waals surface area contributed by atoms with Crippen LogP contribution in [0.3, 0.4) is 0 Å². The zero-order valence-electron chi connectivity index (χ0n) is 14.2. The van der Waals surface area contributed by atoms with Gasteiger partial charge in [0.25, 0.3) is 11.5 Å². The van der Waals surface area contributed by atoms with Gasteiger partial charge in [0.1, 0.15) is 11.3 Å². The molecule has 9 heteroatoms. The lowest BCUT2D eigenvalue weighted by Gasteiger charge is -2.17. The zero-order chi connectivity index (χ0) is 17.9. The first-order chi connectivity index (χ1) is 12.7. The Morgan fingerprint density at radius 2 is 2.08 bits per heavy atom. The first-order valence-electron chi connectivity index (χ1n) is 8.67. The summed E-state index contributed by atoms with van der Waals surface area (Å²) in [6, 6.07) is 3.49. The van der Waals surface area contributed by atoms with Gasteiger partial charge in [-0.05, 0) is 25.0 Å². The molecule has 3 aromatic heterocycles. The van der Waals surface area contributed by atoms with Crippen molar-refractivity contribution in [3.05, 3.63) is 46.3 Å². The summed E-state index contributed by atoms with van der Waals surface area (Å²) >= 11 is 1.38. The van der Waals surface area contributed by atoms with E-state index in [0.29, 0.717) is 10.7 Å². The summed E-state index contributed by atoms with van der Waals surface area (Å²) in [6.07, 6.45) is 7.54. The summed E-state index contributed by atoms with van der Waals surface area (Å²) in [5, 5.41) is 7.86. The van der Waals surface area contributed by atoms with E-state index in [0.717, 1.165) is 31.1 Å². The predicted molar refractivity (Wildman–Crippen MR) is 97.7 cm³/mol. The van der Waals surface area contributed by atoms with Crippen molar-refractivity contribution in [3.63, 3.8) is 0 Å². The van der Waals surface area contributed by atoms with Crippen molar-refractivity contribution >= 4 is 27.3 Å². The van der Waals surface area contributed by atoms with Crippen molar-refractivity contribution < 1.29 is 9.21 Å². The molecule has 4 heterocycles. The molecule has 1 aliphatic rings. The first kappa shape index (κ1) is 16.8. The average molecular weight is 373 g/mol. The minimum Gasteiger partial charge on any atom is -0.467 e. The van der Waals surface area contributed by atoms with E-state index in [1.807, 2.05) is 0 Å². The topological polar surface area (TPSA) is 92.7 Å². The summed E-state index contributed by atoms with van der Waals surface area (Å²) in [6.45, 7) is 2.08. The lowest BCUT2D eigenvalue weighted by Crippen LogP contribution is -2.31. The van der Waals surface area contributed by atoms with E-state index in [1.165, 1.54) is 41.2 Å². The number of anilines is 1. The molecule has 0 aromatic carbocycles. The van der Waals surface area contributed by atoms with Gasteiger partial charge in [-0.1, -0.05) is 24.2 Å². The van der Waals surface area contributed by atoms with Crippen molar-refractivity contribution in [3.8, 4) is 0 Å². The van der Waals surface area contributed by atoms with Crippen molar-refractivity contribution in [2.75, 3.05) is 18.0 Å². The number of carbonyl (C=O) groups is 1. The van der Waals surface area contributed by atoms with Crippen LogP contribution in [-0.2, 0) is 6.54 Å². The Kier molecular flexibility index (Phi) is 4.70. The molecule has 26 heavy (non-hydrogen) atoms. The maximum absolute atomic E-state index is 12.7. The normalized spacial score (nSPS) is 15.2. The fourth-order valence-electron chi connectivity index (χ4n) is 3.00. The molecule has 1 amide bonds. The number of nitrogens with one attached hydrogen (secondary N) is 1. The molecular weight excluding hydrogens is 354 g/mol. The van der Waals surface area contributed by atoms with Crippen molar-refractivity contribution in [2.24, 2.45) is 0 Å². The standard InChI is InChI=1S/C17H19N5O3S/c23-14(18-10-12-6-5-9-25-12)13-11-19-16-22(15(13)24)20-17(26-16)21-7-3-1-2-4-8-21/h5-6,9,11H,1-4,7-8,10H2,(H,18,23). The maximum atomic E-state index is 12.7. The van der Waals surface area contributed by atoms with Gasteiger partial charge in [0.05, 0.1) is 12.8 Å². The third kappa shape index (κ3) is 3.34. The maximum Gasteiger partial charge on any atom is 0.288 e. The van der Waals surface area contributed by atoms with E-state index >= 15 is 0 Å². The van der Waals surface area contributed by atoms with Gasteiger partial charge in [-0.3, -0.25) is 9.59 Å². The molecule has 3 aromatic rings. The number of hydrogen-bond donors (Lipinski definition) is 1. The second kappa shape index (κ2) is 7.28. The minimum atomic E-state index is -0.488. The number of rotatable bonds is 4. The molecule has 1 fully saturated rings. The van der Waals surface area contributed by atoms with E-state index in [2.05, 4.69) is 20.3 Å². The molecule has 0 aliphatic carbocycles. The van der Waals surface area contributed by atoms with Gasteiger partial charge in [0.15, 0.2) is 0 Å². The van der Waals surface area contributed by atoms with Gasteiger partial charge < -0.3 is 14.6 Å². The number of nitrogens with zero attached hydrogens (tertiary/aromatic N) is 4. The largest absolute Gasteiger partial charge is 0.467 e. The predicted octanol–water partition coefficient (Wildman–Crippen LogP) is 2.05. The van der Waals surface area contributed by atoms with E-state index in [1.54, 1.807) is 12.1 Å². The van der Waals surface area contributed by atoms with Gasteiger partial charge in [-0.25, -0.2) is 4.98 Å². The highest BCUT2D eigenvalue weighted by atomic mass is 32.1. The van der Waals surface area contributed by atoms with Crippen LogP contribution in [0.1, 0.15) is 41.8 Å². The molecule has 0 unspecified atom stereocenters. The van der Waals surface area contributed by atoms with Crippen LogP contribution in [0, 0.1) is 0 Å². The van der Waals surface area contributed by atoms with E-state index in [9.17, 15) is 9.59 Å². The van der Waals surface area contributed by atoms with Crippen LogP contribution < -0.4 is 15.8 Å². The van der Waals surface area contributed by atoms with Crippen molar-refractivity contribution in [1.82, 2.24) is 19.9 Å². The Bertz CT molecular complexity index is 955. The summed E-state index contributed by atoms with van der Waals surface area (Å²) in [5.74, 6) is 0.127. The monoisotopic (exact) mass is 373 g/mol. The highest BCUT2D eigenvalue weighted by molar-refractivity contribution is 7.20. The average Bonchev–Trinajstić information content (AvgIpc) is 3.24. The summed E-state index contributed by atoms with van der Waals surface area (Å²) in [4.78, 5) is 31.9. The SMILES string of the molecule is O=C(NCc1ccco1)c1cnc2sc(N3CCCCCC3)nn2c1=O. The Hall–Kier alpha value is -2.68. The summed E-state index contributed by atoms with van der Waals surface area (Å²) in [5.41, 5.74) is -0.481. The molecule has 1 aliphatic heterocycles. The molecule has 0 spiro atoms. The van der Waals surface area contributed by atoms with E-state index in [-0.39, 0.29) is 12.1 Å². The molecule has 136 valence electrons. The summed E-state index contributed by atoms with van der Waals surface area (Å²) in [7, 11) is 0. The van der Waals surface area contributed by atoms with Crippen LogP contribution in [0.4, 0.5) is 5.13 Å². The molecular formula is C17H19N5O3S. The highest BCUT2D eigenvalue weighted by Crippen LogP contribution is 2.24. The number of amides is 1.